The van der Waals surface area contributed by atoms with Crippen molar-refractivity contribution >= 4 is 29.1 Å². The maximum absolute atomic E-state index is 13.9. The zero-order valence-corrected chi connectivity index (χ0v) is 27.9. The average molecular weight is 664 g/mol. The Balaban J connectivity index is 1.05. The summed E-state index contributed by atoms with van der Waals surface area (Å²) in [6.45, 7) is 5.68. The Morgan fingerprint density at radius 3 is 2.43 bits per heavy atom. The number of carbonyl (C=O) groups is 4. The molecular formula is C40H41NO8. The highest BCUT2D eigenvalue weighted by molar-refractivity contribution is 6.28. The molecule has 2 aliphatic heterocycles. The second kappa shape index (κ2) is 11.0. The lowest BCUT2D eigenvalue weighted by Gasteiger charge is -2.64. The number of benzene rings is 2. The minimum atomic E-state index is -1.43. The zero-order chi connectivity index (χ0) is 34.5. The summed E-state index contributed by atoms with van der Waals surface area (Å²) >= 11 is 0. The Morgan fingerprint density at radius 1 is 0.980 bits per heavy atom. The number of hydrogen-bond donors (Lipinski definition) is 2. The third-order valence-corrected chi connectivity index (χ3v) is 13.0. The minimum Gasteiger partial charge on any atom is -0.393 e. The molecule has 49 heavy (non-hydrogen) atoms. The van der Waals surface area contributed by atoms with Crippen molar-refractivity contribution in [2.75, 3.05) is 11.5 Å². The van der Waals surface area contributed by atoms with Crippen LogP contribution in [-0.2, 0) is 35.1 Å². The zero-order valence-electron chi connectivity index (χ0n) is 27.9. The largest absolute Gasteiger partial charge is 0.393 e. The lowest BCUT2D eigenvalue weighted by atomic mass is 9.40. The predicted octanol–water partition coefficient (Wildman–Crippen LogP) is 4.70. The molecule has 2 heterocycles. The van der Waals surface area contributed by atoms with Crippen molar-refractivity contribution in [3.63, 3.8) is 0 Å². The van der Waals surface area contributed by atoms with Gasteiger partial charge in [-0.15, -0.1) is 0 Å². The molecule has 4 aliphatic carbocycles. The van der Waals surface area contributed by atoms with Gasteiger partial charge >= 0.3 is 0 Å². The number of fused-ring (bicyclic) bond motifs is 7. The summed E-state index contributed by atoms with van der Waals surface area (Å²) in [5.74, 6) is -1.35. The lowest BCUT2D eigenvalue weighted by Crippen LogP contribution is -2.66. The summed E-state index contributed by atoms with van der Waals surface area (Å²) in [6, 6.07) is 15.1. The summed E-state index contributed by atoms with van der Waals surface area (Å²) in [6.07, 6.45) is 8.59. The van der Waals surface area contributed by atoms with Gasteiger partial charge in [-0.3, -0.25) is 19.2 Å². The van der Waals surface area contributed by atoms with Crippen LogP contribution >= 0.6 is 0 Å². The van der Waals surface area contributed by atoms with Gasteiger partial charge in [-0.2, -0.15) is 0 Å². The van der Waals surface area contributed by atoms with Crippen LogP contribution in [0.25, 0.3) is 0 Å². The van der Waals surface area contributed by atoms with E-state index in [1.165, 1.54) is 12.2 Å². The topological polar surface area (TPSA) is 130 Å². The smallest absolute Gasteiger partial charge is 0.258 e. The molecule has 6 aliphatic rings. The first kappa shape index (κ1) is 32.2. The number of nitrogens with zero attached hydrogens (tertiary/aromatic N) is 1. The molecule has 9 nitrogen and oxygen atoms in total. The van der Waals surface area contributed by atoms with Crippen LogP contribution < -0.4 is 4.90 Å². The van der Waals surface area contributed by atoms with Crippen LogP contribution in [0.15, 0.2) is 84.5 Å². The van der Waals surface area contributed by atoms with Gasteiger partial charge in [0.1, 0.15) is 6.61 Å². The highest BCUT2D eigenvalue weighted by Gasteiger charge is 2.78. The van der Waals surface area contributed by atoms with Gasteiger partial charge in [-0.25, -0.2) is 4.90 Å². The highest BCUT2D eigenvalue weighted by atomic mass is 16.7. The Hall–Kier alpha value is -4.02. The van der Waals surface area contributed by atoms with E-state index < -0.39 is 47.3 Å². The number of amides is 2. The molecule has 4 fully saturated rings. The monoisotopic (exact) mass is 663 g/mol. The van der Waals surface area contributed by atoms with E-state index in [2.05, 4.69) is 13.8 Å². The minimum absolute atomic E-state index is 0.0187. The van der Waals surface area contributed by atoms with Gasteiger partial charge < -0.3 is 19.7 Å². The lowest BCUT2D eigenvalue weighted by molar-refractivity contribution is -0.220. The molecule has 8 rings (SSSR count). The molecule has 3 saturated carbocycles. The van der Waals surface area contributed by atoms with Gasteiger partial charge in [0, 0.05) is 34.5 Å². The molecule has 2 amide bonds. The summed E-state index contributed by atoms with van der Waals surface area (Å²) in [4.78, 5) is 51.7. The first-order valence-electron chi connectivity index (χ1n) is 17.2. The maximum atomic E-state index is 13.9. The van der Waals surface area contributed by atoms with Crippen LogP contribution in [0.4, 0.5) is 5.69 Å². The summed E-state index contributed by atoms with van der Waals surface area (Å²) < 4.78 is 13.4. The third kappa shape index (κ3) is 4.45. The molecule has 2 N–H and O–H groups in total. The number of ketones is 2. The van der Waals surface area contributed by atoms with E-state index >= 15 is 0 Å². The average Bonchev–Trinajstić information content (AvgIpc) is 3.70. The van der Waals surface area contributed by atoms with Crippen molar-refractivity contribution in [1.82, 2.24) is 0 Å². The Labute approximate surface area is 285 Å². The molecule has 2 aromatic carbocycles. The molecule has 1 saturated heterocycles. The van der Waals surface area contributed by atoms with E-state index in [0.717, 1.165) is 40.0 Å². The number of allylic oxidation sites excluding steroid dienone is 4. The van der Waals surface area contributed by atoms with Gasteiger partial charge in [-0.1, -0.05) is 68.8 Å². The van der Waals surface area contributed by atoms with Crippen LogP contribution in [-0.4, -0.2) is 58.0 Å². The molecular weight excluding hydrogens is 622 g/mol. The predicted molar refractivity (Wildman–Crippen MR) is 179 cm³/mol. The molecule has 0 unspecified atom stereocenters. The Bertz CT molecular complexity index is 1860. The van der Waals surface area contributed by atoms with Crippen molar-refractivity contribution in [3.05, 3.63) is 101 Å². The van der Waals surface area contributed by atoms with Crippen LogP contribution in [0.1, 0.15) is 69.4 Å². The number of rotatable bonds is 6. The number of anilines is 1. The van der Waals surface area contributed by atoms with Crippen LogP contribution in [0.5, 0.6) is 0 Å². The fraction of sp³-hybridized carbons (Fsp3) is 0.450. The molecule has 254 valence electrons. The quantitative estimate of drug-likeness (QED) is 0.426. The number of Topliss-reactive ketones (excluding diaryl/α,β-unsaturated/α-hetero) is 1. The molecule has 9 heteroatoms. The first-order valence-corrected chi connectivity index (χ1v) is 17.2. The van der Waals surface area contributed by atoms with Crippen molar-refractivity contribution in [2.24, 2.45) is 28.1 Å². The van der Waals surface area contributed by atoms with E-state index in [9.17, 15) is 29.4 Å². The van der Waals surface area contributed by atoms with E-state index in [0.29, 0.717) is 24.9 Å². The normalized spacial score (nSPS) is 39.0. The fourth-order valence-corrected chi connectivity index (χ4v) is 11.0. The van der Waals surface area contributed by atoms with E-state index in [1.807, 2.05) is 55.5 Å². The highest BCUT2D eigenvalue weighted by Crippen LogP contribution is 2.74. The molecule has 2 aromatic rings. The van der Waals surface area contributed by atoms with E-state index in [-0.39, 0.29) is 34.8 Å². The molecule has 0 radical (unpaired) electrons. The van der Waals surface area contributed by atoms with Gasteiger partial charge in [0.2, 0.25) is 0 Å². The van der Waals surface area contributed by atoms with Crippen LogP contribution in [0.2, 0.25) is 0 Å². The van der Waals surface area contributed by atoms with Gasteiger partial charge in [-0.05, 0) is 78.8 Å². The molecule has 0 spiro atoms. The van der Waals surface area contributed by atoms with Crippen molar-refractivity contribution in [3.8, 4) is 0 Å². The number of carbonyl (C=O) groups excluding carboxylic acids is 4. The second-order valence-corrected chi connectivity index (χ2v) is 15.5. The second-order valence-electron chi connectivity index (χ2n) is 15.5. The van der Waals surface area contributed by atoms with Crippen molar-refractivity contribution < 1.29 is 38.9 Å². The third-order valence-electron chi connectivity index (χ3n) is 13.0. The summed E-state index contributed by atoms with van der Waals surface area (Å²) in [5.41, 5.74) is 1.18. The van der Waals surface area contributed by atoms with Gasteiger partial charge in [0.25, 0.3) is 11.8 Å². The molecule has 0 bridgehead atoms. The first-order chi connectivity index (χ1) is 23.3. The van der Waals surface area contributed by atoms with E-state index in [4.69, 9.17) is 9.47 Å². The molecule has 0 aromatic heterocycles. The van der Waals surface area contributed by atoms with E-state index in [1.54, 1.807) is 18.2 Å². The van der Waals surface area contributed by atoms with Crippen molar-refractivity contribution in [2.45, 2.75) is 77.0 Å². The van der Waals surface area contributed by atoms with Crippen LogP contribution in [0, 0.1) is 28.1 Å². The number of aliphatic hydroxyl groups excluding tert-OH is 2. The van der Waals surface area contributed by atoms with Gasteiger partial charge in [0.05, 0.1) is 17.9 Å². The number of imide groups is 1. The standard InChI is InChI=1S/C40H41NO8/c1-37-16-14-28(43)19-26(37)13-15-38(2)30-20-32-40(31(45)22-42,39(30,3)21-29(44)35(37)38)49-36(48-32)25-9-7-23(8-10-25)17-24-5-4-6-27(18-24)41-33(46)11-12-34(41)47/h4-12,14,16,18-19,29-30,32,35-36,42,44H,13,15,17,20-22H2,1-3H3/t29-,30-,32+,35+,36+,37-,38-,39-,40+/m0/s1. The van der Waals surface area contributed by atoms with Crippen LogP contribution in [0.3, 0.4) is 0 Å². The maximum Gasteiger partial charge on any atom is 0.258 e. The SMILES string of the molecule is C[C@@]12CCC3=CC(=O)C=C[C@]3(C)[C@H]1[C@@H](O)C[C@@]1(C)[C@H]2C[C@H]2O[C@@H](c3ccc(Cc4cccc(N5C(=O)C=CC5=O)c4)cc3)O[C@]21C(=O)CO. The molecule has 9 atom stereocenters. The number of aliphatic hydroxyl groups is 2. The fourth-order valence-electron chi connectivity index (χ4n) is 11.0. The Kier molecular flexibility index (Phi) is 7.22. The summed E-state index contributed by atoms with van der Waals surface area (Å²) in [5, 5.41) is 22.4. The number of hydrogen-bond acceptors (Lipinski definition) is 8. The summed E-state index contributed by atoms with van der Waals surface area (Å²) in [7, 11) is 0. The van der Waals surface area contributed by atoms with Crippen molar-refractivity contribution in [1.29, 1.82) is 0 Å². The Morgan fingerprint density at radius 2 is 1.71 bits per heavy atom. The van der Waals surface area contributed by atoms with Gasteiger partial charge in [0.15, 0.2) is 23.5 Å². The number of ether oxygens (including phenoxy) is 2.